The second-order valence-electron chi connectivity index (χ2n) is 3.93. The van der Waals surface area contributed by atoms with Gasteiger partial charge in [0.1, 0.15) is 11.6 Å². The first-order valence-corrected chi connectivity index (χ1v) is 5.67. The number of phenols is 1. The lowest BCUT2D eigenvalue weighted by atomic mass is 10.2. The minimum Gasteiger partial charge on any atom is -0.508 e. The van der Waals surface area contributed by atoms with Crippen LogP contribution in [0.15, 0.2) is 54.6 Å². The summed E-state index contributed by atoms with van der Waals surface area (Å²) < 4.78 is 12.9. The van der Waals surface area contributed by atoms with Crippen LogP contribution in [0.25, 0.3) is 6.08 Å². The molecule has 0 saturated heterocycles. The highest BCUT2D eigenvalue weighted by atomic mass is 19.1. The Morgan fingerprint density at radius 1 is 1.16 bits per heavy atom. The van der Waals surface area contributed by atoms with Crippen LogP contribution in [0.5, 0.6) is 5.75 Å². The Morgan fingerprint density at radius 3 is 2.68 bits per heavy atom. The summed E-state index contributed by atoms with van der Waals surface area (Å²) in [5, 5.41) is 11.8. The lowest BCUT2D eigenvalue weighted by Gasteiger charge is -2.02. The lowest BCUT2D eigenvalue weighted by molar-refractivity contribution is -0.111. The van der Waals surface area contributed by atoms with E-state index in [1.165, 1.54) is 36.4 Å². The predicted octanol–water partition coefficient (Wildman–Crippen LogP) is 3.18. The molecule has 2 N–H and O–H groups in total. The number of halogens is 1. The average Bonchev–Trinajstić information content (AvgIpc) is 2.36. The van der Waals surface area contributed by atoms with Crippen LogP contribution in [-0.2, 0) is 4.79 Å². The minimum absolute atomic E-state index is 0.0758. The van der Waals surface area contributed by atoms with Crippen LogP contribution in [0, 0.1) is 5.82 Å². The van der Waals surface area contributed by atoms with Crippen molar-refractivity contribution >= 4 is 17.7 Å². The quantitative estimate of drug-likeness (QED) is 0.830. The number of hydrogen-bond donors (Lipinski definition) is 2. The summed E-state index contributed by atoms with van der Waals surface area (Å²) in [5.41, 5.74) is 1.10. The second kappa shape index (κ2) is 5.82. The molecule has 0 fully saturated rings. The van der Waals surface area contributed by atoms with Crippen LogP contribution >= 0.6 is 0 Å². The molecule has 2 aromatic rings. The molecule has 96 valence electrons. The molecule has 0 spiro atoms. The summed E-state index contributed by atoms with van der Waals surface area (Å²) in [4.78, 5) is 11.6. The van der Waals surface area contributed by atoms with E-state index in [9.17, 15) is 14.3 Å². The molecular weight excluding hydrogens is 245 g/mol. The molecule has 1 amide bonds. The van der Waals surface area contributed by atoms with Crippen molar-refractivity contribution in [2.24, 2.45) is 0 Å². The molecule has 0 bridgehead atoms. The van der Waals surface area contributed by atoms with E-state index in [0.717, 1.165) is 0 Å². The smallest absolute Gasteiger partial charge is 0.248 e. The largest absolute Gasteiger partial charge is 0.508 e. The molecule has 0 heterocycles. The second-order valence-corrected chi connectivity index (χ2v) is 3.93. The van der Waals surface area contributed by atoms with Gasteiger partial charge in [-0.15, -0.1) is 0 Å². The van der Waals surface area contributed by atoms with Crippen molar-refractivity contribution in [3.63, 3.8) is 0 Å². The molecule has 2 rings (SSSR count). The summed E-state index contributed by atoms with van der Waals surface area (Å²) in [6.45, 7) is 0. The van der Waals surface area contributed by atoms with Gasteiger partial charge in [0.15, 0.2) is 0 Å². The Labute approximate surface area is 110 Å². The molecule has 19 heavy (non-hydrogen) atoms. The maximum Gasteiger partial charge on any atom is 0.248 e. The highest BCUT2D eigenvalue weighted by molar-refractivity contribution is 6.01. The van der Waals surface area contributed by atoms with Gasteiger partial charge in [-0.1, -0.05) is 18.2 Å². The van der Waals surface area contributed by atoms with Gasteiger partial charge < -0.3 is 10.4 Å². The highest BCUT2D eigenvalue weighted by Gasteiger charge is 1.98. The number of rotatable bonds is 3. The molecule has 0 aliphatic rings. The third kappa shape index (κ3) is 3.96. The van der Waals surface area contributed by atoms with Crippen molar-refractivity contribution in [2.75, 3.05) is 5.32 Å². The predicted molar refractivity (Wildman–Crippen MR) is 72.2 cm³/mol. The Hall–Kier alpha value is -2.62. The Kier molecular flexibility index (Phi) is 3.93. The van der Waals surface area contributed by atoms with Gasteiger partial charge in [0.2, 0.25) is 5.91 Å². The van der Waals surface area contributed by atoms with Crippen molar-refractivity contribution in [1.29, 1.82) is 0 Å². The van der Waals surface area contributed by atoms with Crippen LogP contribution in [0.2, 0.25) is 0 Å². The van der Waals surface area contributed by atoms with E-state index in [0.29, 0.717) is 11.3 Å². The maximum atomic E-state index is 12.9. The number of carbonyl (C=O) groups excluding carboxylic acids is 1. The first-order chi connectivity index (χ1) is 9.13. The number of aromatic hydroxyl groups is 1. The van der Waals surface area contributed by atoms with Crippen molar-refractivity contribution in [1.82, 2.24) is 0 Å². The Balaban J connectivity index is 2.01. The lowest BCUT2D eigenvalue weighted by Crippen LogP contribution is -2.07. The van der Waals surface area contributed by atoms with E-state index < -0.39 is 0 Å². The van der Waals surface area contributed by atoms with Crippen molar-refractivity contribution < 1.29 is 14.3 Å². The third-order valence-corrected chi connectivity index (χ3v) is 2.39. The van der Waals surface area contributed by atoms with E-state index in [1.807, 2.05) is 0 Å². The van der Waals surface area contributed by atoms with Crippen LogP contribution < -0.4 is 5.32 Å². The maximum absolute atomic E-state index is 12.9. The molecule has 3 nitrogen and oxygen atoms in total. The van der Waals surface area contributed by atoms with Gasteiger partial charge in [-0.2, -0.15) is 0 Å². The number of anilines is 1. The summed E-state index contributed by atoms with van der Waals surface area (Å²) in [6.07, 6.45) is 2.82. The monoisotopic (exact) mass is 257 g/mol. The molecule has 0 saturated carbocycles. The van der Waals surface area contributed by atoms with Crippen molar-refractivity contribution in [3.05, 3.63) is 66.0 Å². The van der Waals surface area contributed by atoms with Gasteiger partial charge in [-0.3, -0.25) is 4.79 Å². The van der Waals surface area contributed by atoms with Gasteiger partial charge in [0.05, 0.1) is 0 Å². The van der Waals surface area contributed by atoms with Crippen LogP contribution in [0.3, 0.4) is 0 Å². The van der Waals surface area contributed by atoms with Crippen molar-refractivity contribution in [3.8, 4) is 5.75 Å². The number of benzene rings is 2. The van der Waals surface area contributed by atoms with E-state index >= 15 is 0 Å². The molecule has 0 aliphatic heterocycles. The summed E-state index contributed by atoms with van der Waals surface area (Å²) in [7, 11) is 0. The first kappa shape index (κ1) is 12.8. The van der Waals surface area contributed by atoms with E-state index in [1.54, 1.807) is 24.3 Å². The third-order valence-electron chi connectivity index (χ3n) is 2.39. The first-order valence-electron chi connectivity index (χ1n) is 5.67. The van der Waals surface area contributed by atoms with Gasteiger partial charge >= 0.3 is 0 Å². The molecule has 0 aromatic heterocycles. The van der Waals surface area contributed by atoms with Crippen molar-refractivity contribution in [2.45, 2.75) is 0 Å². The summed E-state index contributed by atoms with van der Waals surface area (Å²) in [5.74, 6) is -0.627. The average molecular weight is 257 g/mol. The minimum atomic E-state index is -0.352. The molecule has 4 heteroatoms. The number of phenolic OH excluding ortho intramolecular Hbond substituents is 1. The fourth-order valence-electron chi connectivity index (χ4n) is 1.55. The standard InChI is InChI=1S/C15H12FNO2/c16-12-4-1-3-11(9-12)7-8-15(19)17-13-5-2-6-14(18)10-13/h1-10,18H,(H,17,19)/b8-7+. The number of carbonyl (C=O) groups is 1. The van der Waals surface area contributed by atoms with Crippen LogP contribution in [-0.4, -0.2) is 11.0 Å². The molecular formula is C15H12FNO2. The van der Waals surface area contributed by atoms with Gasteiger partial charge in [-0.25, -0.2) is 4.39 Å². The van der Waals surface area contributed by atoms with E-state index in [-0.39, 0.29) is 17.5 Å². The fourth-order valence-corrected chi connectivity index (χ4v) is 1.55. The highest BCUT2D eigenvalue weighted by Crippen LogP contribution is 2.15. The van der Waals surface area contributed by atoms with Gasteiger partial charge in [0, 0.05) is 17.8 Å². The Morgan fingerprint density at radius 2 is 1.95 bits per heavy atom. The normalized spacial score (nSPS) is 10.6. The number of hydrogen-bond acceptors (Lipinski definition) is 2. The van der Waals surface area contributed by atoms with E-state index in [2.05, 4.69) is 5.32 Å². The van der Waals surface area contributed by atoms with Gasteiger partial charge in [0.25, 0.3) is 0 Å². The number of nitrogens with one attached hydrogen (secondary N) is 1. The van der Waals surface area contributed by atoms with Crippen LogP contribution in [0.1, 0.15) is 5.56 Å². The zero-order chi connectivity index (χ0) is 13.7. The molecule has 0 aliphatic carbocycles. The topological polar surface area (TPSA) is 49.3 Å². The van der Waals surface area contributed by atoms with Gasteiger partial charge in [-0.05, 0) is 35.9 Å². The Bertz CT molecular complexity index is 623. The zero-order valence-electron chi connectivity index (χ0n) is 10.0. The SMILES string of the molecule is O=C(/C=C/c1cccc(F)c1)Nc1cccc(O)c1. The molecule has 0 atom stereocenters. The van der Waals surface area contributed by atoms with Crippen LogP contribution in [0.4, 0.5) is 10.1 Å². The van der Waals surface area contributed by atoms with E-state index in [4.69, 9.17) is 0 Å². The molecule has 0 radical (unpaired) electrons. The molecule has 0 unspecified atom stereocenters. The zero-order valence-corrected chi connectivity index (χ0v) is 10.0. The molecule has 2 aromatic carbocycles. The summed E-state index contributed by atoms with van der Waals surface area (Å²) in [6, 6.07) is 12.2. The summed E-state index contributed by atoms with van der Waals surface area (Å²) >= 11 is 0. The number of amides is 1. The fraction of sp³-hybridized carbons (Fsp3) is 0.